The number of hydrogen-bond acceptors (Lipinski definition) is 5. The van der Waals surface area contributed by atoms with Gasteiger partial charge in [0.25, 0.3) is 0 Å². The van der Waals surface area contributed by atoms with Gasteiger partial charge in [0.2, 0.25) is 5.91 Å². The second-order valence-corrected chi connectivity index (χ2v) is 9.28. The quantitative estimate of drug-likeness (QED) is 0.485. The number of carbonyl (C=O) groups excluding carboxylic acids is 1. The molecule has 2 N–H and O–H groups in total. The van der Waals surface area contributed by atoms with E-state index in [1.165, 1.54) is 25.7 Å². The van der Waals surface area contributed by atoms with Crippen LogP contribution in [0.1, 0.15) is 56.0 Å². The lowest BCUT2D eigenvalue weighted by Crippen LogP contribution is -2.38. The van der Waals surface area contributed by atoms with E-state index in [9.17, 15) is 9.59 Å². The Hall–Kier alpha value is -3.06. The van der Waals surface area contributed by atoms with Crippen LogP contribution in [0.15, 0.2) is 42.5 Å². The van der Waals surface area contributed by atoms with Gasteiger partial charge in [0.15, 0.2) is 0 Å². The fourth-order valence-corrected chi connectivity index (χ4v) is 4.87. The molecule has 0 radical (unpaired) electrons. The Labute approximate surface area is 201 Å². The maximum Gasteiger partial charge on any atom is 0.335 e. The van der Waals surface area contributed by atoms with Crippen molar-refractivity contribution in [3.8, 4) is 11.5 Å². The van der Waals surface area contributed by atoms with E-state index >= 15 is 0 Å². The monoisotopic (exact) mass is 469 g/mol. The van der Waals surface area contributed by atoms with Crippen LogP contribution in [-0.4, -0.2) is 36.8 Å². The summed E-state index contributed by atoms with van der Waals surface area (Å²) >= 11 is 0. The highest BCUT2D eigenvalue weighted by Gasteiger charge is 2.33. The van der Waals surface area contributed by atoms with Crippen LogP contribution in [0.5, 0.6) is 11.5 Å². The van der Waals surface area contributed by atoms with Crippen LogP contribution in [0.25, 0.3) is 0 Å². The van der Waals surface area contributed by atoms with Crippen molar-refractivity contribution in [1.82, 2.24) is 0 Å². The molecule has 0 aliphatic heterocycles. The molecule has 0 spiro atoms. The standard InChI is InChI=1S/C27H35NO6/c1-17(2)26-18(3)7-5-10-23(26)34-16-25(29)28-21-8-6-9-22(14-21)33-15-20-12-11-19(27(30)31)13-24(20)32-4/h6,8-9,11-14,17-18,23,26H,5,7,10,15-16H2,1-4H3,(H,28,29)(H,30,31). The molecular weight excluding hydrogens is 434 g/mol. The third-order valence-corrected chi connectivity index (χ3v) is 6.48. The number of nitrogens with one attached hydrogen (secondary N) is 1. The first-order valence-electron chi connectivity index (χ1n) is 11.8. The van der Waals surface area contributed by atoms with Gasteiger partial charge in [-0.05, 0) is 48.4 Å². The van der Waals surface area contributed by atoms with Crippen LogP contribution in [0.3, 0.4) is 0 Å². The van der Waals surface area contributed by atoms with Crippen molar-refractivity contribution >= 4 is 17.6 Å². The number of ether oxygens (including phenoxy) is 3. The number of carboxylic acid groups (broad SMARTS) is 1. The Bertz CT molecular complexity index is 989. The highest BCUT2D eigenvalue weighted by atomic mass is 16.5. The van der Waals surface area contributed by atoms with Gasteiger partial charge in [-0.25, -0.2) is 4.79 Å². The van der Waals surface area contributed by atoms with E-state index in [0.29, 0.717) is 34.9 Å². The van der Waals surface area contributed by atoms with Crippen molar-refractivity contribution in [3.63, 3.8) is 0 Å². The Morgan fingerprint density at radius 2 is 1.94 bits per heavy atom. The molecule has 34 heavy (non-hydrogen) atoms. The molecule has 3 rings (SSSR count). The zero-order valence-electron chi connectivity index (χ0n) is 20.4. The molecule has 2 aromatic carbocycles. The van der Waals surface area contributed by atoms with Crippen LogP contribution in [0.4, 0.5) is 5.69 Å². The Balaban J connectivity index is 1.55. The van der Waals surface area contributed by atoms with Gasteiger partial charge in [-0.3, -0.25) is 4.79 Å². The lowest BCUT2D eigenvalue weighted by Gasteiger charge is -2.38. The van der Waals surface area contributed by atoms with Gasteiger partial charge in [0.1, 0.15) is 24.7 Å². The Morgan fingerprint density at radius 3 is 2.65 bits per heavy atom. The summed E-state index contributed by atoms with van der Waals surface area (Å²) in [7, 11) is 1.49. The van der Waals surface area contributed by atoms with Crippen molar-refractivity contribution in [2.45, 2.75) is 52.7 Å². The number of amides is 1. The molecular formula is C27H35NO6. The Kier molecular flexibility index (Phi) is 8.93. The fraction of sp³-hybridized carbons (Fsp3) is 0.481. The van der Waals surface area contributed by atoms with E-state index < -0.39 is 5.97 Å². The predicted octanol–water partition coefficient (Wildman–Crippen LogP) is 5.39. The first-order chi connectivity index (χ1) is 16.3. The van der Waals surface area contributed by atoms with Crippen LogP contribution in [0, 0.1) is 17.8 Å². The lowest BCUT2D eigenvalue weighted by atomic mass is 9.72. The van der Waals surface area contributed by atoms with Gasteiger partial charge in [-0.2, -0.15) is 0 Å². The Morgan fingerprint density at radius 1 is 1.15 bits per heavy atom. The largest absolute Gasteiger partial charge is 0.496 e. The van der Waals surface area contributed by atoms with Gasteiger partial charge in [0, 0.05) is 17.3 Å². The van der Waals surface area contributed by atoms with Crippen molar-refractivity contribution in [3.05, 3.63) is 53.6 Å². The average molecular weight is 470 g/mol. The summed E-state index contributed by atoms with van der Waals surface area (Å²) in [5.41, 5.74) is 1.49. The summed E-state index contributed by atoms with van der Waals surface area (Å²) in [5.74, 6) is 1.41. The highest BCUT2D eigenvalue weighted by Crippen LogP contribution is 2.36. The number of carboxylic acids is 1. The minimum atomic E-state index is -1.02. The van der Waals surface area contributed by atoms with E-state index in [0.717, 1.165) is 18.4 Å². The number of aromatic carboxylic acids is 1. The first kappa shape index (κ1) is 25.6. The van der Waals surface area contributed by atoms with Crippen LogP contribution < -0.4 is 14.8 Å². The molecule has 1 aliphatic carbocycles. The molecule has 0 saturated heterocycles. The summed E-state index contributed by atoms with van der Waals surface area (Å²) in [6.45, 7) is 6.95. The average Bonchev–Trinajstić information content (AvgIpc) is 2.81. The van der Waals surface area contributed by atoms with E-state index in [1.54, 1.807) is 30.3 Å². The van der Waals surface area contributed by atoms with Gasteiger partial charge >= 0.3 is 5.97 Å². The third-order valence-electron chi connectivity index (χ3n) is 6.48. The summed E-state index contributed by atoms with van der Waals surface area (Å²) in [6, 6.07) is 11.8. The van der Waals surface area contributed by atoms with Crippen LogP contribution in [-0.2, 0) is 16.1 Å². The third kappa shape index (κ3) is 6.73. The second kappa shape index (κ2) is 11.9. The zero-order chi connectivity index (χ0) is 24.7. The van der Waals surface area contributed by atoms with Crippen molar-refractivity contribution in [2.75, 3.05) is 19.0 Å². The number of benzene rings is 2. The predicted molar refractivity (Wildman–Crippen MR) is 130 cm³/mol. The number of carbonyl (C=O) groups is 2. The van der Waals surface area contributed by atoms with Crippen molar-refractivity contribution < 1.29 is 28.9 Å². The number of hydrogen-bond donors (Lipinski definition) is 2. The normalized spacial score (nSPS) is 20.1. The minimum absolute atomic E-state index is 0.0266. The van der Waals surface area contributed by atoms with E-state index in [2.05, 4.69) is 26.1 Å². The van der Waals surface area contributed by atoms with Gasteiger partial charge in [-0.15, -0.1) is 0 Å². The summed E-state index contributed by atoms with van der Waals surface area (Å²) in [4.78, 5) is 23.7. The lowest BCUT2D eigenvalue weighted by molar-refractivity contribution is -0.126. The highest BCUT2D eigenvalue weighted by molar-refractivity contribution is 5.91. The molecule has 1 amide bonds. The molecule has 184 valence electrons. The van der Waals surface area contributed by atoms with Crippen LogP contribution in [0.2, 0.25) is 0 Å². The van der Waals surface area contributed by atoms with Crippen molar-refractivity contribution in [1.29, 1.82) is 0 Å². The molecule has 3 atom stereocenters. The molecule has 3 unspecified atom stereocenters. The van der Waals surface area contributed by atoms with E-state index in [-0.39, 0.29) is 30.8 Å². The summed E-state index contributed by atoms with van der Waals surface area (Å²) in [6.07, 6.45) is 3.48. The van der Waals surface area contributed by atoms with E-state index in [4.69, 9.17) is 19.3 Å². The number of anilines is 1. The molecule has 0 bridgehead atoms. The molecule has 7 heteroatoms. The molecule has 1 fully saturated rings. The second-order valence-electron chi connectivity index (χ2n) is 9.28. The summed E-state index contributed by atoms with van der Waals surface area (Å²) in [5, 5.41) is 12.0. The van der Waals surface area contributed by atoms with Gasteiger partial charge in [0.05, 0.1) is 18.8 Å². The molecule has 2 aromatic rings. The molecule has 1 saturated carbocycles. The number of methoxy groups -OCH3 is 1. The molecule has 1 aliphatic rings. The van der Waals surface area contributed by atoms with Crippen molar-refractivity contribution in [2.24, 2.45) is 17.8 Å². The minimum Gasteiger partial charge on any atom is -0.496 e. The first-order valence-corrected chi connectivity index (χ1v) is 11.8. The number of rotatable bonds is 10. The van der Waals surface area contributed by atoms with Gasteiger partial charge in [-0.1, -0.05) is 45.7 Å². The van der Waals surface area contributed by atoms with Crippen LogP contribution >= 0.6 is 0 Å². The fourth-order valence-electron chi connectivity index (χ4n) is 4.87. The molecule has 7 nitrogen and oxygen atoms in total. The zero-order valence-corrected chi connectivity index (χ0v) is 20.4. The van der Waals surface area contributed by atoms with E-state index in [1.807, 2.05) is 0 Å². The molecule has 0 aromatic heterocycles. The SMILES string of the molecule is COc1cc(C(=O)O)ccc1COc1cccc(NC(=O)COC2CCCC(C)C2C(C)C)c1. The topological polar surface area (TPSA) is 94.1 Å². The maximum absolute atomic E-state index is 12.5. The molecule has 0 heterocycles. The van der Waals surface area contributed by atoms with Gasteiger partial charge < -0.3 is 24.6 Å². The smallest absolute Gasteiger partial charge is 0.335 e. The maximum atomic E-state index is 12.5. The summed E-state index contributed by atoms with van der Waals surface area (Å²) < 4.78 is 17.2.